The summed E-state index contributed by atoms with van der Waals surface area (Å²) in [4.78, 5) is 26.9. The van der Waals surface area contributed by atoms with Crippen LogP contribution in [0.15, 0.2) is 54.7 Å². The molecule has 5 nitrogen and oxygen atoms in total. The minimum absolute atomic E-state index is 0.372. The topological polar surface area (TPSA) is 74.0 Å². The van der Waals surface area contributed by atoms with Gasteiger partial charge in [-0.3, -0.25) is 9.59 Å². The number of benzene rings is 2. The van der Waals surface area contributed by atoms with E-state index >= 15 is 0 Å². The summed E-state index contributed by atoms with van der Waals surface area (Å²) < 4.78 is 0. The zero-order chi connectivity index (χ0) is 16.9. The van der Waals surface area contributed by atoms with Crippen LogP contribution >= 0.6 is 11.6 Å². The lowest BCUT2D eigenvalue weighted by atomic mass is 10.1. The number of H-pyrrole nitrogens is 1. The maximum absolute atomic E-state index is 11.9. The van der Waals surface area contributed by atoms with Crippen LogP contribution in [0.5, 0.6) is 0 Å². The van der Waals surface area contributed by atoms with Gasteiger partial charge in [0, 0.05) is 23.6 Å². The van der Waals surface area contributed by atoms with Crippen LogP contribution < -0.4 is 10.6 Å². The molecule has 6 heteroatoms. The molecule has 3 N–H and O–H groups in total. The molecule has 3 rings (SSSR count). The minimum atomic E-state index is -0.734. The summed E-state index contributed by atoms with van der Waals surface area (Å²) >= 11 is 5.95. The monoisotopic (exact) mass is 341 g/mol. The summed E-state index contributed by atoms with van der Waals surface area (Å²) in [6.45, 7) is 0.372. The number of aromatic amines is 1. The zero-order valence-corrected chi connectivity index (χ0v) is 13.6. The average molecular weight is 342 g/mol. The standard InChI is InChI=1S/C18H16ClN3O2/c19-14-6-2-4-8-16(14)22-18(24)17(23)20-10-9-12-11-21-15-7-3-1-5-13(12)15/h1-8,11,21H,9-10H2,(H,20,23)(H,22,24). The van der Waals surface area contributed by atoms with Crippen molar-refractivity contribution in [2.75, 3.05) is 11.9 Å². The maximum atomic E-state index is 11.9. The summed E-state index contributed by atoms with van der Waals surface area (Å²) in [6.07, 6.45) is 2.55. The van der Waals surface area contributed by atoms with Gasteiger partial charge in [-0.1, -0.05) is 41.9 Å². The van der Waals surface area contributed by atoms with Crippen molar-refractivity contribution in [2.24, 2.45) is 0 Å². The number of anilines is 1. The second-order valence-corrected chi connectivity index (χ2v) is 5.71. The predicted octanol–water partition coefficient (Wildman–Crippen LogP) is 3.12. The largest absolute Gasteiger partial charge is 0.361 e. The lowest BCUT2D eigenvalue weighted by molar-refractivity contribution is -0.136. The highest BCUT2D eigenvalue weighted by atomic mass is 35.5. The SMILES string of the molecule is O=C(NCCc1c[nH]c2ccccc12)C(=O)Nc1ccccc1Cl. The molecule has 24 heavy (non-hydrogen) atoms. The number of rotatable bonds is 4. The predicted molar refractivity (Wildman–Crippen MR) is 95.1 cm³/mol. The van der Waals surface area contributed by atoms with Gasteiger partial charge in [-0.05, 0) is 30.2 Å². The van der Waals surface area contributed by atoms with Crippen LogP contribution in [0.1, 0.15) is 5.56 Å². The fourth-order valence-corrected chi connectivity index (χ4v) is 2.65. The third-order valence-electron chi connectivity index (χ3n) is 3.68. The van der Waals surface area contributed by atoms with Crippen LogP contribution in [-0.2, 0) is 16.0 Å². The van der Waals surface area contributed by atoms with Gasteiger partial charge in [-0.25, -0.2) is 0 Å². The van der Waals surface area contributed by atoms with E-state index in [1.807, 2.05) is 30.5 Å². The van der Waals surface area contributed by atoms with Gasteiger partial charge in [0.1, 0.15) is 0 Å². The molecular weight excluding hydrogens is 326 g/mol. The number of hydrogen-bond donors (Lipinski definition) is 3. The molecule has 2 amide bonds. The highest BCUT2D eigenvalue weighted by Crippen LogP contribution is 2.20. The van der Waals surface area contributed by atoms with E-state index in [1.54, 1.807) is 24.3 Å². The first kappa shape index (κ1) is 16.1. The molecule has 0 bridgehead atoms. The number of hydrogen-bond acceptors (Lipinski definition) is 2. The number of carbonyl (C=O) groups excluding carboxylic acids is 2. The molecule has 0 saturated heterocycles. The van der Waals surface area contributed by atoms with Crippen molar-refractivity contribution in [2.45, 2.75) is 6.42 Å². The maximum Gasteiger partial charge on any atom is 0.313 e. The molecule has 2 aromatic carbocycles. The fourth-order valence-electron chi connectivity index (χ4n) is 2.47. The lowest BCUT2D eigenvalue weighted by Gasteiger charge is -2.07. The van der Waals surface area contributed by atoms with Crippen LogP contribution in [0.3, 0.4) is 0 Å². The summed E-state index contributed by atoms with van der Waals surface area (Å²) in [5.41, 5.74) is 2.56. The summed E-state index contributed by atoms with van der Waals surface area (Å²) in [6, 6.07) is 14.7. The van der Waals surface area contributed by atoms with E-state index in [9.17, 15) is 9.59 Å². The van der Waals surface area contributed by atoms with Gasteiger partial charge >= 0.3 is 11.8 Å². The molecule has 0 aliphatic heterocycles. The average Bonchev–Trinajstić information content (AvgIpc) is 3.00. The molecule has 0 radical (unpaired) electrons. The Kier molecular flexibility index (Phi) is 4.82. The Morgan fingerprint density at radius 3 is 2.58 bits per heavy atom. The van der Waals surface area contributed by atoms with Gasteiger partial charge in [-0.15, -0.1) is 0 Å². The molecule has 0 aliphatic rings. The number of nitrogens with one attached hydrogen (secondary N) is 3. The van der Waals surface area contributed by atoms with Crippen molar-refractivity contribution in [3.8, 4) is 0 Å². The van der Waals surface area contributed by atoms with E-state index in [0.29, 0.717) is 23.7 Å². The number of carbonyl (C=O) groups is 2. The van der Waals surface area contributed by atoms with Crippen molar-refractivity contribution in [1.29, 1.82) is 0 Å². The Labute approximate surface area is 144 Å². The van der Waals surface area contributed by atoms with Crippen molar-refractivity contribution < 1.29 is 9.59 Å². The van der Waals surface area contributed by atoms with Gasteiger partial charge in [-0.2, -0.15) is 0 Å². The van der Waals surface area contributed by atoms with Crippen LogP contribution in [0.2, 0.25) is 5.02 Å². The number of aromatic nitrogens is 1. The Bertz CT molecular complexity index is 889. The van der Waals surface area contributed by atoms with Gasteiger partial charge in [0.25, 0.3) is 0 Å². The van der Waals surface area contributed by atoms with Crippen LogP contribution in [0.4, 0.5) is 5.69 Å². The third kappa shape index (κ3) is 3.58. The first-order valence-electron chi connectivity index (χ1n) is 7.54. The van der Waals surface area contributed by atoms with Gasteiger partial charge in [0.05, 0.1) is 10.7 Å². The Hall–Kier alpha value is -2.79. The van der Waals surface area contributed by atoms with E-state index in [1.165, 1.54) is 0 Å². The number of fused-ring (bicyclic) bond motifs is 1. The molecule has 0 unspecified atom stereocenters. The number of halogens is 1. The molecule has 0 fully saturated rings. The Balaban J connectivity index is 1.54. The van der Waals surface area contributed by atoms with Gasteiger partial charge < -0.3 is 15.6 Å². The normalized spacial score (nSPS) is 10.5. The van der Waals surface area contributed by atoms with Gasteiger partial charge in [0.2, 0.25) is 0 Å². The summed E-state index contributed by atoms with van der Waals surface area (Å²) in [7, 11) is 0. The highest BCUT2D eigenvalue weighted by molar-refractivity contribution is 6.41. The summed E-state index contributed by atoms with van der Waals surface area (Å²) in [5.74, 6) is -1.42. The smallest absolute Gasteiger partial charge is 0.313 e. The van der Waals surface area contributed by atoms with Crippen molar-refractivity contribution in [1.82, 2.24) is 10.3 Å². The Morgan fingerprint density at radius 2 is 1.75 bits per heavy atom. The molecule has 0 spiro atoms. The van der Waals surface area contributed by atoms with E-state index in [-0.39, 0.29) is 0 Å². The van der Waals surface area contributed by atoms with Crippen LogP contribution in [0.25, 0.3) is 10.9 Å². The molecule has 0 aliphatic carbocycles. The highest BCUT2D eigenvalue weighted by Gasteiger charge is 2.14. The lowest BCUT2D eigenvalue weighted by Crippen LogP contribution is -2.36. The molecule has 0 atom stereocenters. The molecular formula is C18H16ClN3O2. The summed E-state index contributed by atoms with van der Waals surface area (Å²) in [5, 5.41) is 6.62. The second-order valence-electron chi connectivity index (χ2n) is 5.30. The van der Waals surface area contributed by atoms with E-state index in [2.05, 4.69) is 15.6 Å². The molecule has 1 aromatic heterocycles. The minimum Gasteiger partial charge on any atom is -0.361 e. The third-order valence-corrected chi connectivity index (χ3v) is 4.01. The molecule has 0 saturated carbocycles. The first-order valence-corrected chi connectivity index (χ1v) is 7.91. The fraction of sp³-hybridized carbons (Fsp3) is 0.111. The first-order chi connectivity index (χ1) is 11.6. The quantitative estimate of drug-likeness (QED) is 0.638. The van der Waals surface area contributed by atoms with Crippen molar-refractivity contribution >= 4 is 40.0 Å². The molecule has 1 heterocycles. The molecule has 3 aromatic rings. The Morgan fingerprint density at radius 1 is 1.00 bits per heavy atom. The van der Waals surface area contributed by atoms with Crippen LogP contribution in [-0.4, -0.2) is 23.3 Å². The van der Waals surface area contributed by atoms with E-state index in [4.69, 9.17) is 11.6 Å². The number of amides is 2. The van der Waals surface area contributed by atoms with E-state index < -0.39 is 11.8 Å². The zero-order valence-electron chi connectivity index (χ0n) is 12.8. The second kappa shape index (κ2) is 7.19. The van der Waals surface area contributed by atoms with Crippen molar-refractivity contribution in [3.05, 3.63) is 65.3 Å². The van der Waals surface area contributed by atoms with E-state index in [0.717, 1.165) is 16.5 Å². The van der Waals surface area contributed by atoms with Crippen LogP contribution in [0, 0.1) is 0 Å². The van der Waals surface area contributed by atoms with Gasteiger partial charge in [0.15, 0.2) is 0 Å². The number of para-hydroxylation sites is 2. The van der Waals surface area contributed by atoms with Crippen molar-refractivity contribution in [3.63, 3.8) is 0 Å². The molecule has 122 valence electrons.